The smallest absolute Gasteiger partial charge is 0.338 e. The van der Waals surface area contributed by atoms with Gasteiger partial charge in [-0.2, -0.15) is 0 Å². The zero-order chi connectivity index (χ0) is 24.4. The number of thiazole rings is 1. The van der Waals surface area contributed by atoms with Crippen LogP contribution in [0.5, 0.6) is 5.75 Å². The number of nitro benzene ring substituents is 1. The van der Waals surface area contributed by atoms with Gasteiger partial charge in [-0.15, -0.1) is 0 Å². The second kappa shape index (κ2) is 9.44. The third-order valence-electron chi connectivity index (χ3n) is 5.33. The maximum absolute atomic E-state index is 13.5. The molecule has 10 heteroatoms. The van der Waals surface area contributed by atoms with Crippen LogP contribution in [-0.2, 0) is 9.53 Å². The quantitative estimate of drug-likeness (QED) is 0.305. The van der Waals surface area contributed by atoms with E-state index in [-0.39, 0.29) is 23.4 Å². The number of allylic oxidation sites excluding steroid dienone is 1. The van der Waals surface area contributed by atoms with E-state index in [1.54, 1.807) is 63.4 Å². The fraction of sp³-hybridized carbons (Fsp3) is 0.208. The fourth-order valence-electron chi connectivity index (χ4n) is 3.77. The van der Waals surface area contributed by atoms with E-state index in [2.05, 4.69) is 4.99 Å². The van der Waals surface area contributed by atoms with E-state index < -0.39 is 16.9 Å². The van der Waals surface area contributed by atoms with E-state index in [0.717, 1.165) is 11.3 Å². The van der Waals surface area contributed by atoms with Gasteiger partial charge in [-0.3, -0.25) is 19.5 Å². The molecule has 0 saturated heterocycles. The summed E-state index contributed by atoms with van der Waals surface area (Å²) in [6, 6.07) is 12.4. The van der Waals surface area contributed by atoms with E-state index in [1.165, 1.54) is 16.7 Å². The van der Waals surface area contributed by atoms with Crippen molar-refractivity contribution in [3.63, 3.8) is 0 Å². The Morgan fingerprint density at radius 2 is 2.00 bits per heavy atom. The summed E-state index contributed by atoms with van der Waals surface area (Å²) in [7, 11) is 1.56. The minimum Gasteiger partial charge on any atom is -0.497 e. The van der Waals surface area contributed by atoms with Crippen LogP contribution in [0.1, 0.15) is 31.0 Å². The molecule has 2 heterocycles. The lowest BCUT2D eigenvalue weighted by Gasteiger charge is -2.24. The molecule has 1 aliphatic heterocycles. The third-order valence-corrected chi connectivity index (χ3v) is 6.31. The van der Waals surface area contributed by atoms with Gasteiger partial charge in [0.25, 0.3) is 11.2 Å². The maximum atomic E-state index is 13.5. The lowest BCUT2D eigenvalue weighted by molar-refractivity contribution is -0.384. The first-order chi connectivity index (χ1) is 16.3. The number of fused-ring (bicyclic) bond motifs is 1. The lowest BCUT2D eigenvalue weighted by Crippen LogP contribution is -2.39. The maximum Gasteiger partial charge on any atom is 0.338 e. The van der Waals surface area contributed by atoms with E-state index in [9.17, 15) is 19.7 Å². The fourth-order valence-corrected chi connectivity index (χ4v) is 4.82. The standard InChI is InChI=1S/C24H21N3O6S/c1-4-33-23(29)20-14(2)25-24-26(21(20)16-8-10-18(32-3)11-9-16)22(28)19(34-24)13-15-6-5-7-17(12-15)27(30)31/h5-13,21H,4H2,1-3H3/b19-13+/t21-/m0/s1. The number of esters is 1. The van der Waals surface area contributed by atoms with Gasteiger partial charge in [0.2, 0.25) is 0 Å². The minimum atomic E-state index is -0.742. The highest BCUT2D eigenvalue weighted by Gasteiger charge is 2.33. The number of carbonyl (C=O) groups is 1. The molecule has 2 aromatic carbocycles. The zero-order valence-electron chi connectivity index (χ0n) is 18.7. The Bertz CT molecular complexity index is 1480. The molecule has 0 radical (unpaired) electrons. The SMILES string of the molecule is CCOC(=O)C1=C(C)N=c2s/c(=C/c3cccc([N+](=O)[O-])c3)c(=O)n2[C@H]1c1ccc(OC)cc1. The minimum absolute atomic E-state index is 0.0712. The number of ether oxygens (including phenoxy) is 2. The molecule has 0 spiro atoms. The number of carbonyl (C=O) groups excluding carboxylic acids is 1. The van der Waals surface area contributed by atoms with Crippen LogP contribution in [0.3, 0.4) is 0 Å². The number of benzene rings is 2. The van der Waals surface area contributed by atoms with Crippen LogP contribution in [0.2, 0.25) is 0 Å². The molecule has 3 aromatic rings. The summed E-state index contributed by atoms with van der Waals surface area (Å²) in [5.74, 6) is 0.0951. The van der Waals surface area contributed by atoms with Crippen molar-refractivity contribution in [2.45, 2.75) is 19.9 Å². The summed E-state index contributed by atoms with van der Waals surface area (Å²) >= 11 is 1.16. The van der Waals surface area contributed by atoms with Crippen LogP contribution >= 0.6 is 11.3 Å². The van der Waals surface area contributed by atoms with Gasteiger partial charge in [0.1, 0.15) is 5.75 Å². The molecule has 0 saturated carbocycles. The van der Waals surface area contributed by atoms with Gasteiger partial charge in [0, 0.05) is 12.1 Å². The second-order valence-corrected chi connectivity index (χ2v) is 8.44. The van der Waals surface area contributed by atoms with Gasteiger partial charge in [0.05, 0.1) is 40.5 Å². The number of nitro groups is 1. The monoisotopic (exact) mass is 479 g/mol. The number of rotatable bonds is 6. The Balaban J connectivity index is 1.93. The highest BCUT2D eigenvalue weighted by atomic mass is 32.1. The molecule has 0 N–H and O–H groups in total. The first-order valence-electron chi connectivity index (χ1n) is 10.4. The van der Waals surface area contributed by atoms with E-state index in [1.807, 2.05) is 0 Å². The summed E-state index contributed by atoms with van der Waals surface area (Å²) < 4.78 is 12.3. The van der Waals surface area contributed by atoms with Crippen molar-refractivity contribution in [1.29, 1.82) is 0 Å². The second-order valence-electron chi connectivity index (χ2n) is 7.43. The van der Waals surface area contributed by atoms with E-state index in [4.69, 9.17) is 9.47 Å². The largest absolute Gasteiger partial charge is 0.497 e. The highest BCUT2D eigenvalue weighted by molar-refractivity contribution is 7.07. The van der Waals surface area contributed by atoms with Gasteiger partial charge < -0.3 is 9.47 Å². The van der Waals surface area contributed by atoms with E-state index >= 15 is 0 Å². The molecule has 0 aliphatic carbocycles. The Morgan fingerprint density at radius 3 is 2.65 bits per heavy atom. The molecule has 174 valence electrons. The normalized spacial score (nSPS) is 15.5. The molecule has 4 rings (SSSR count). The first kappa shape index (κ1) is 23.1. The molecule has 34 heavy (non-hydrogen) atoms. The molecule has 0 bridgehead atoms. The average molecular weight is 480 g/mol. The third kappa shape index (κ3) is 4.27. The van der Waals surface area contributed by atoms with Crippen LogP contribution in [-0.4, -0.2) is 29.2 Å². The van der Waals surface area contributed by atoms with Gasteiger partial charge in [0.15, 0.2) is 4.80 Å². The van der Waals surface area contributed by atoms with Crippen LogP contribution < -0.4 is 19.6 Å². The molecule has 0 unspecified atom stereocenters. The number of aromatic nitrogens is 1. The topological polar surface area (TPSA) is 113 Å². The predicted molar refractivity (Wildman–Crippen MR) is 126 cm³/mol. The van der Waals surface area contributed by atoms with Gasteiger partial charge in [-0.1, -0.05) is 35.6 Å². The van der Waals surface area contributed by atoms with Gasteiger partial charge in [-0.05, 0) is 43.2 Å². The molecular weight excluding hydrogens is 458 g/mol. The molecule has 9 nitrogen and oxygen atoms in total. The Kier molecular flexibility index (Phi) is 6.42. The number of non-ortho nitro benzene ring substituents is 1. The van der Waals surface area contributed by atoms with Crippen molar-refractivity contribution in [2.24, 2.45) is 4.99 Å². The summed E-state index contributed by atoms with van der Waals surface area (Å²) in [6.45, 7) is 3.60. The van der Waals surface area contributed by atoms with Crippen molar-refractivity contribution < 1.29 is 19.2 Å². The lowest BCUT2D eigenvalue weighted by atomic mass is 9.96. The van der Waals surface area contributed by atoms with Crippen LogP contribution in [0, 0.1) is 10.1 Å². The summed E-state index contributed by atoms with van der Waals surface area (Å²) in [6.07, 6.45) is 1.59. The number of hydrogen-bond acceptors (Lipinski definition) is 8. The molecule has 0 amide bonds. The first-order valence-corrected chi connectivity index (χ1v) is 11.2. The number of hydrogen-bond donors (Lipinski definition) is 0. The van der Waals surface area contributed by atoms with Crippen molar-refractivity contribution in [1.82, 2.24) is 4.57 Å². The Morgan fingerprint density at radius 1 is 1.26 bits per heavy atom. The predicted octanol–water partition coefficient (Wildman–Crippen LogP) is 2.72. The van der Waals surface area contributed by atoms with Gasteiger partial charge >= 0.3 is 5.97 Å². The van der Waals surface area contributed by atoms with Crippen LogP contribution in [0.15, 0.2) is 69.6 Å². The zero-order valence-corrected chi connectivity index (χ0v) is 19.5. The molecular formula is C24H21N3O6S. The summed E-state index contributed by atoms with van der Waals surface area (Å²) in [5.41, 5.74) is 1.52. The average Bonchev–Trinajstić information content (AvgIpc) is 3.12. The van der Waals surface area contributed by atoms with Gasteiger partial charge in [-0.25, -0.2) is 9.79 Å². The summed E-state index contributed by atoms with van der Waals surface area (Å²) in [4.78, 5) is 42.0. The van der Waals surface area contributed by atoms with Crippen molar-refractivity contribution >= 4 is 29.1 Å². The molecule has 1 aromatic heterocycles. The molecule has 1 aliphatic rings. The Hall–Kier alpha value is -4.05. The van der Waals surface area contributed by atoms with E-state index in [0.29, 0.717) is 31.9 Å². The summed E-state index contributed by atoms with van der Waals surface area (Å²) in [5, 5.41) is 11.1. The number of methoxy groups -OCH3 is 1. The number of nitrogens with zero attached hydrogens (tertiary/aromatic N) is 3. The van der Waals surface area contributed by atoms with Crippen molar-refractivity contribution in [2.75, 3.05) is 13.7 Å². The highest BCUT2D eigenvalue weighted by Crippen LogP contribution is 2.31. The van der Waals surface area contributed by atoms with Crippen molar-refractivity contribution in [3.05, 3.63) is 101 Å². The van der Waals surface area contributed by atoms with Crippen molar-refractivity contribution in [3.8, 4) is 5.75 Å². The molecule has 0 fully saturated rings. The van der Waals surface area contributed by atoms with Crippen LogP contribution in [0.4, 0.5) is 5.69 Å². The van der Waals surface area contributed by atoms with Crippen LogP contribution in [0.25, 0.3) is 6.08 Å². The Labute approximate surface area is 198 Å². The molecule has 1 atom stereocenters.